The largest absolute Gasteiger partial charge is 0.302 e. The summed E-state index contributed by atoms with van der Waals surface area (Å²) in [5.74, 6) is 1.47. The van der Waals surface area contributed by atoms with E-state index in [9.17, 15) is 0 Å². The van der Waals surface area contributed by atoms with Crippen LogP contribution >= 0.6 is 0 Å². The van der Waals surface area contributed by atoms with Gasteiger partial charge in [0.1, 0.15) is 0 Å². The fourth-order valence-corrected chi connectivity index (χ4v) is 3.18. The van der Waals surface area contributed by atoms with E-state index in [-0.39, 0.29) is 0 Å². The van der Waals surface area contributed by atoms with Gasteiger partial charge in [-0.3, -0.25) is 9.97 Å². The minimum atomic E-state index is 0.639. The van der Waals surface area contributed by atoms with Crippen molar-refractivity contribution in [3.63, 3.8) is 0 Å². The highest BCUT2D eigenvalue weighted by Crippen LogP contribution is 2.39. The highest BCUT2D eigenvalue weighted by Gasteiger charge is 2.40. The molecular weight excluding hydrogens is 198 g/mol. The Morgan fingerprint density at radius 1 is 1.00 bits per heavy atom. The first-order valence-electron chi connectivity index (χ1n) is 6.19. The zero-order chi connectivity index (χ0) is 11.3. The molecule has 2 unspecified atom stereocenters. The van der Waals surface area contributed by atoms with Crippen molar-refractivity contribution in [2.75, 3.05) is 19.6 Å². The first-order chi connectivity index (χ1) is 7.65. The number of hydrogen-bond donors (Lipinski definition) is 0. The Kier molecular flexibility index (Phi) is 2.25. The zero-order valence-electron chi connectivity index (χ0n) is 10.3. The SMILES string of the molecule is Cc1nc(C)c([C@@H]2CN3CCC2C3)nc1C. The molecule has 0 radical (unpaired) electrons. The molecule has 3 heteroatoms. The normalized spacial score (nSPS) is 32.3. The molecule has 2 bridgehead atoms. The summed E-state index contributed by atoms with van der Waals surface area (Å²) < 4.78 is 0. The highest BCUT2D eigenvalue weighted by molar-refractivity contribution is 5.24. The molecule has 2 fully saturated rings. The number of hydrogen-bond acceptors (Lipinski definition) is 3. The summed E-state index contributed by atoms with van der Waals surface area (Å²) in [5, 5.41) is 0. The predicted molar refractivity (Wildman–Crippen MR) is 63.5 cm³/mol. The first-order valence-corrected chi connectivity index (χ1v) is 6.19. The molecule has 3 heterocycles. The molecule has 0 spiro atoms. The number of nitrogens with zero attached hydrogens (tertiary/aromatic N) is 3. The van der Waals surface area contributed by atoms with Crippen molar-refractivity contribution in [1.82, 2.24) is 14.9 Å². The fourth-order valence-electron chi connectivity index (χ4n) is 3.18. The average molecular weight is 217 g/mol. The van der Waals surface area contributed by atoms with Gasteiger partial charge in [0.05, 0.1) is 22.8 Å². The molecule has 0 N–H and O–H groups in total. The van der Waals surface area contributed by atoms with Gasteiger partial charge in [-0.2, -0.15) is 0 Å². The minimum absolute atomic E-state index is 0.639. The quantitative estimate of drug-likeness (QED) is 0.718. The number of fused-ring (bicyclic) bond motifs is 2. The van der Waals surface area contributed by atoms with Gasteiger partial charge in [0, 0.05) is 19.0 Å². The van der Waals surface area contributed by atoms with Crippen LogP contribution in [0.15, 0.2) is 0 Å². The molecule has 1 aromatic rings. The molecule has 1 aromatic heterocycles. The van der Waals surface area contributed by atoms with E-state index in [0.29, 0.717) is 5.92 Å². The zero-order valence-corrected chi connectivity index (χ0v) is 10.3. The van der Waals surface area contributed by atoms with Crippen LogP contribution in [-0.4, -0.2) is 34.5 Å². The molecule has 0 amide bonds. The van der Waals surface area contributed by atoms with Crippen molar-refractivity contribution in [1.29, 1.82) is 0 Å². The number of aromatic nitrogens is 2. The Bertz CT molecular complexity index is 427. The van der Waals surface area contributed by atoms with Gasteiger partial charge in [-0.05, 0) is 39.7 Å². The monoisotopic (exact) mass is 217 g/mol. The summed E-state index contributed by atoms with van der Waals surface area (Å²) >= 11 is 0. The maximum atomic E-state index is 4.78. The van der Waals surface area contributed by atoms with Gasteiger partial charge in [-0.15, -0.1) is 0 Å². The van der Waals surface area contributed by atoms with Crippen LogP contribution in [0.5, 0.6) is 0 Å². The average Bonchev–Trinajstić information content (AvgIpc) is 2.84. The molecule has 0 saturated carbocycles. The fraction of sp³-hybridized carbons (Fsp3) is 0.692. The standard InChI is InChI=1S/C13H19N3/c1-8-9(2)15-13(10(3)14-8)12-7-16-5-4-11(12)6-16/h11-12H,4-7H2,1-3H3/t11?,12-/m1/s1. The van der Waals surface area contributed by atoms with Crippen molar-refractivity contribution in [3.8, 4) is 0 Å². The lowest BCUT2D eigenvalue weighted by Gasteiger charge is -2.23. The van der Waals surface area contributed by atoms with Gasteiger partial charge in [0.15, 0.2) is 0 Å². The lowest BCUT2D eigenvalue weighted by molar-refractivity contribution is 0.342. The van der Waals surface area contributed by atoms with Crippen molar-refractivity contribution in [2.45, 2.75) is 33.1 Å². The van der Waals surface area contributed by atoms with E-state index in [1.54, 1.807) is 0 Å². The van der Waals surface area contributed by atoms with Crippen LogP contribution in [0.2, 0.25) is 0 Å². The smallest absolute Gasteiger partial charge is 0.0666 e. The third-order valence-corrected chi connectivity index (χ3v) is 4.20. The summed E-state index contributed by atoms with van der Waals surface area (Å²) in [6.07, 6.45) is 1.35. The lowest BCUT2D eigenvalue weighted by atomic mass is 9.88. The molecule has 3 nitrogen and oxygen atoms in total. The Morgan fingerprint density at radius 3 is 2.38 bits per heavy atom. The van der Waals surface area contributed by atoms with Crippen LogP contribution < -0.4 is 0 Å². The number of rotatable bonds is 1. The summed E-state index contributed by atoms with van der Waals surface area (Å²) in [4.78, 5) is 12.0. The maximum absolute atomic E-state index is 4.78. The van der Waals surface area contributed by atoms with Crippen LogP contribution in [0.1, 0.15) is 35.1 Å². The van der Waals surface area contributed by atoms with Crippen LogP contribution in [0.4, 0.5) is 0 Å². The summed E-state index contributed by atoms with van der Waals surface area (Å²) in [6, 6.07) is 0. The molecule has 3 rings (SSSR count). The topological polar surface area (TPSA) is 29.0 Å². The van der Waals surface area contributed by atoms with E-state index in [0.717, 1.165) is 23.0 Å². The van der Waals surface area contributed by atoms with E-state index >= 15 is 0 Å². The molecule has 0 aliphatic carbocycles. The molecule has 16 heavy (non-hydrogen) atoms. The first kappa shape index (κ1) is 10.2. The van der Waals surface area contributed by atoms with Gasteiger partial charge >= 0.3 is 0 Å². The number of piperidine rings is 1. The molecule has 2 aliphatic rings. The van der Waals surface area contributed by atoms with Crippen LogP contribution in [0, 0.1) is 26.7 Å². The molecule has 2 saturated heterocycles. The molecule has 3 atom stereocenters. The second kappa shape index (κ2) is 3.52. The van der Waals surface area contributed by atoms with Gasteiger partial charge in [0.25, 0.3) is 0 Å². The van der Waals surface area contributed by atoms with Crippen LogP contribution in [-0.2, 0) is 0 Å². The number of aryl methyl sites for hydroxylation is 3. The molecule has 2 aliphatic heterocycles. The third-order valence-electron chi connectivity index (χ3n) is 4.20. The van der Waals surface area contributed by atoms with E-state index in [4.69, 9.17) is 4.98 Å². The Labute approximate surface area is 96.9 Å². The maximum Gasteiger partial charge on any atom is 0.0666 e. The van der Waals surface area contributed by atoms with E-state index in [1.165, 1.54) is 31.7 Å². The van der Waals surface area contributed by atoms with E-state index in [1.807, 2.05) is 6.92 Å². The second-order valence-electron chi connectivity index (χ2n) is 5.28. The molecule has 0 aromatic carbocycles. The van der Waals surface area contributed by atoms with Crippen LogP contribution in [0.25, 0.3) is 0 Å². The second-order valence-corrected chi connectivity index (χ2v) is 5.28. The molecular formula is C13H19N3. The van der Waals surface area contributed by atoms with Crippen molar-refractivity contribution >= 4 is 0 Å². The predicted octanol–water partition coefficient (Wildman–Crippen LogP) is 1.82. The Hall–Kier alpha value is -0.960. The summed E-state index contributed by atoms with van der Waals surface area (Å²) in [5.41, 5.74) is 4.57. The van der Waals surface area contributed by atoms with Crippen molar-refractivity contribution in [2.24, 2.45) is 5.92 Å². The summed E-state index contributed by atoms with van der Waals surface area (Å²) in [7, 11) is 0. The minimum Gasteiger partial charge on any atom is -0.302 e. The Morgan fingerprint density at radius 2 is 1.75 bits per heavy atom. The van der Waals surface area contributed by atoms with Gasteiger partial charge < -0.3 is 4.90 Å². The van der Waals surface area contributed by atoms with Gasteiger partial charge in [0.2, 0.25) is 0 Å². The third kappa shape index (κ3) is 1.46. The highest BCUT2D eigenvalue weighted by atomic mass is 15.2. The van der Waals surface area contributed by atoms with E-state index in [2.05, 4.69) is 23.7 Å². The van der Waals surface area contributed by atoms with Gasteiger partial charge in [-0.25, -0.2) is 0 Å². The van der Waals surface area contributed by atoms with Crippen LogP contribution in [0.3, 0.4) is 0 Å². The molecule has 86 valence electrons. The van der Waals surface area contributed by atoms with Crippen molar-refractivity contribution < 1.29 is 0 Å². The Balaban J connectivity index is 1.98. The van der Waals surface area contributed by atoms with Gasteiger partial charge in [-0.1, -0.05) is 0 Å². The van der Waals surface area contributed by atoms with E-state index < -0.39 is 0 Å². The summed E-state index contributed by atoms with van der Waals surface area (Å²) in [6.45, 7) is 9.98. The lowest BCUT2D eigenvalue weighted by Crippen LogP contribution is -2.24. The van der Waals surface area contributed by atoms with Crippen molar-refractivity contribution in [3.05, 3.63) is 22.8 Å².